The van der Waals surface area contributed by atoms with Crippen molar-refractivity contribution in [3.8, 4) is 0 Å². The molecule has 0 spiro atoms. The van der Waals surface area contributed by atoms with Gasteiger partial charge in [0.05, 0.1) is 12.0 Å². The molecule has 2 aromatic rings. The van der Waals surface area contributed by atoms with Crippen LogP contribution in [-0.4, -0.2) is 17.9 Å². The van der Waals surface area contributed by atoms with E-state index in [0.717, 1.165) is 0 Å². The van der Waals surface area contributed by atoms with Crippen LogP contribution in [0.3, 0.4) is 0 Å². The zero-order valence-electron chi connectivity index (χ0n) is 11.1. The second kappa shape index (κ2) is 7.95. The van der Waals surface area contributed by atoms with Crippen molar-refractivity contribution >= 4 is 35.5 Å². The third-order valence-electron chi connectivity index (χ3n) is 2.50. The highest BCUT2D eigenvalue weighted by molar-refractivity contribution is 7.98. The lowest BCUT2D eigenvalue weighted by Crippen LogP contribution is -2.17. The molecule has 0 saturated heterocycles. The van der Waals surface area contributed by atoms with Crippen LogP contribution in [0.25, 0.3) is 0 Å². The first-order valence-corrected chi connectivity index (χ1v) is 7.54. The highest BCUT2D eigenvalue weighted by Gasteiger charge is 2.07. The molecule has 22 heavy (non-hydrogen) atoms. The molecular formula is C14H11ClF2N2O2S. The summed E-state index contributed by atoms with van der Waals surface area (Å²) in [6, 6.07) is 9.50. The number of hydrogen-bond acceptors (Lipinski definition) is 4. The summed E-state index contributed by atoms with van der Waals surface area (Å²) in [6.45, 7) is 0. The molecule has 116 valence electrons. The van der Waals surface area contributed by atoms with Crippen molar-refractivity contribution in [1.29, 1.82) is 0 Å². The van der Waals surface area contributed by atoms with Gasteiger partial charge in [0.2, 0.25) is 0 Å². The van der Waals surface area contributed by atoms with Crippen molar-refractivity contribution in [3.63, 3.8) is 0 Å². The van der Waals surface area contributed by atoms with E-state index in [4.69, 9.17) is 16.0 Å². The van der Waals surface area contributed by atoms with E-state index in [9.17, 15) is 13.6 Å². The summed E-state index contributed by atoms with van der Waals surface area (Å²) in [6.07, 6.45) is 1.30. The summed E-state index contributed by atoms with van der Waals surface area (Å²) >= 11 is 6.20. The molecule has 1 heterocycles. The summed E-state index contributed by atoms with van der Waals surface area (Å²) in [5.41, 5.74) is 2.74. The summed E-state index contributed by atoms with van der Waals surface area (Å²) < 4.78 is 29.4. The Morgan fingerprint density at radius 1 is 1.32 bits per heavy atom. The fourth-order valence-corrected chi connectivity index (χ4v) is 2.08. The summed E-state index contributed by atoms with van der Waals surface area (Å²) in [7, 11) is 0. The molecule has 0 aliphatic rings. The fourth-order valence-electron chi connectivity index (χ4n) is 1.51. The van der Waals surface area contributed by atoms with Gasteiger partial charge >= 0.3 is 0 Å². The van der Waals surface area contributed by atoms with E-state index in [1.54, 1.807) is 36.4 Å². The number of amides is 1. The van der Waals surface area contributed by atoms with E-state index in [1.165, 1.54) is 6.21 Å². The second-order valence-electron chi connectivity index (χ2n) is 4.08. The molecule has 2 rings (SSSR count). The van der Waals surface area contributed by atoms with E-state index in [-0.39, 0.29) is 5.75 Å². The van der Waals surface area contributed by atoms with Crippen LogP contribution in [0.15, 0.2) is 45.9 Å². The standard InChI is InChI=1S/C14H11ClF2N2O2S/c15-10-3-1-9(2-4-10)13(20)19-18-7-11-5-6-12(21-11)8-22-14(16)17/h1-7,14H,8H2,(H,19,20)/b18-7-. The third kappa shape index (κ3) is 5.16. The Morgan fingerprint density at radius 2 is 2.05 bits per heavy atom. The van der Waals surface area contributed by atoms with E-state index in [1.807, 2.05) is 0 Å². The van der Waals surface area contributed by atoms with Crippen LogP contribution in [0.1, 0.15) is 21.9 Å². The smallest absolute Gasteiger partial charge is 0.284 e. The highest BCUT2D eigenvalue weighted by Crippen LogP contribution is 2.20. The Labute approximate surface area is 134 Å². The van der Waals surface area contributed by atoms with Crippen LogP contribution in [0.2, 0.25) is 5.02 Å². The monoisotopic (exact) mass is 344 g/mol. The maximum absolute atomic E-state index is 12.0. The van der Waals surface area contributed by atoms with Crippen molar-refractivity contribution < 1.29 is 18.0 Å². The van der Waals surface area contributed by atoms with Crippen LogP contribution in [0.5, 0.6) is 0 Å². The predicted octanol–water partition coefficient (Wildman–Crippen LogP) is 4.15. The van der Waals surface area contributed by atoms with Crippen molar-refractivity contribution in [2.75, 3.05) is 0 Å². The quantitative estimate of drug-likeness (QED) is 0.632. The maximum Gasteiger partial charge on any atom is 0.284 e. The third-order valence-corrected chi connectivity index (χ3v) is 3.45. The zero-order chi connectivity index (χ0) is 15.9. The first kappa shape index (κ1) is 16.5. The van der Waals surface area contributed by atoms with Crippen LogP contribution >= 0.6 is 23.4 Å². The van der Waals surface area contributed by atoms with Gasteiger partial charge in [-0.1, -0.05) is 23.4 Å². The molecule has 4 nitrogen and oxygen atoms in total. The summed E-state index contributed by atoms with van der Waals surface area (Å²) in [4.78, 5) is 11.7. The average Bonchev–Trinajstić information content (AvgIpc) is 2.93. The number of carbonyl (C=O) groups is 1. The second-order valence-corrected chi connectivity index (χ2v) is 5.50. The number of alkyl halides is 2. The number of benzene rings is 1. The summed E-state index contributed by atoms with van der Waals surface area (Å²) in [5, 5.41) is 4.27. The van der Waals surface area contributed by atoms with Crippen LogP contribution in [-0.2, 0) is 5.75 Å². The molecule has 0 fully saturated rings. The van der Waals surface area contributed by atoms with Gasteiger partial charge in [-0.2, -0.15) is 13.9 Å². The van der Waals surface area contributed by atoms with Crippen molar-refractivity contribution in [1.82, 2.24) is 5.43 Å². The van der Waals surface area contributed by atoms with Crippen molar-refractivity contribution in [2.24, 2.45) is 5.10 Å². The molecule has 0 atom stereocenters. The summed E-state index contributed by atoms with van der Waals surface area (Å²) in [5.74, 6) is -1.99. The predicted molar refractivity (Wildman–Crippen MR) is 82.5 cm³/mol. The molecule has 0 aliphatic carbocycles. The maximum atomic E-state index is 12.0. The number of hydrazone groups is 1. The molecule has 1 amide bonds. The molecule has 0 radical (unpaired) electrons. The van der Waals surface area contributed by atoms with E-state index in [0.29, 0.717) is 33.9 Å². The van der Waals surface area contributed by atoms with Gasteiger partial charge in [0.1, 0.15) is 11.5 Å². The molecule has 1 aromatic heterocycles. The Balaban J connectivity index is 1.87. The lowest BCUT2D eigenvalue weighted by molar-refractivity contribution is 0.0955. The minimum absolute atomic E-state index is 0.0721. The topological polar surface area (TPSA) is 54.6 Å². The van der Waals surface area contributed by atoms with E-state index >= 15 is 0 Å². The fraction of sp³-hybridized carbons (Fsp3) is 0.143. The average molecular weight is 345 g/mol. The highest BCUT2D eigenvalue weighted by atomic mass is 35.5. The lowest BCUT2D eigenvalue weighted by Gasteiger charge is -1.99. The van der Waals surface area contributed by atoms with Gasteiger partial charge in [-0.3, -0.25) is 4.79 Å². The number of thioether (sulfide) groups is 1. The normalized spacial score (nSPS) is 11.3. The number of hydrogen-bond donors (Lipinski definition) is 1. The molecular weight excluding hydrogens is 334 g/mol. The molecule has 0 aliphatic heterocycles. The number of halogens is 3. The van der Waals surface area contributed by atoms with Gasteiger partial charge in [0.25, 0.3) is 11.7 Å². The molecule has 8 heteroatoms. The van der Waals surface area contributed by atoms with Crippen LogP contribution < -0.4 is 5.43 Å². The van der Waals surface area contributed by atoms with E-state index < -0.39 is 11.7 Å². The van der Waals surface area contributed by atoms with Gasteiger partial charge in [-0.25, -0.2) is 5.43 Å². The van der Waals surface area contributed by atoms with Crippen molar-refractivity contribution in [2.45, 2.75) is 11.5 Å². The largest absolute Gasteiger partial charge is 0.459 e. The molecule has 0 unspecified atom stereocenters. The molecule has 0 saturated carbocycles. The molecule has 1 N–H and O–H groups in total. The Bertz CT molecular complexity index is 659. The van der Waals surface area contributed by atoms with Gasteiger partial charge in [0, 0.05) is 10.6 Å². The lowest BCUT2D eigenvalue weighted by atomic mass is 10.2. The number of furan rings is 1. The van der Waals surface area contributed by atoms with Gasteiger partial charge in [0.15, 0.2) is 0 Å². The number of nitrogens with zero attached hydrogens (tertiary/aromatic N) is 1. The SMILES string of the molecule is O=C(N/N=C\c1ccc(CSC(F)F)o1)c1ccc(Cl)cc1. The minimum Gasteiger partial charge on any atom is -0.459 e. The molecule has 1 aromatic carbocycles. The first-order chi connectivity index (χ1) is 10.5. The van der Waals surface area contributed by atoms with Crippen molar-refractivity contribution in [3.05, 3.63) is 58.5 Å². The number of carbonyl (C=O) groups excluding carboxylic acids is 1. The van der Waals surface area contributed by atoms with Gasteiger partial charge in [-0.05, 0) is 36.4 Å². The number of rotatable bonds is 6. The minimum atomic E-state index is -2.44. The first-order valence-electron chi connectivity index (χ1n) is 6.12. The Kier molecular flexibility index (Phi) is 5.97. The Morgan fingerprint density at radius 3 is 2.73 bits per heavy atom. The van der Waals surface area contributed by atoms with Gasteiger partial charge < -0.3 is 4.42 Å². The molecule has 0 bridgehead atoms. The number of nitrogens with one attached hydrogen (secondary N) is 1. The van der Waals surface area contributed by atoms with Crippen LogP contribution in [0.4, 0.5) is 8.78 Å². The Hall–Kier alpha value is -1.86. The van der Waals surface area contributed by atoms with Gasteiger partial charge in [-0.15, -0.1) is 0 Å². The zero-order valence-corrected chi connectivity index (χ0v) is 12.7. The van der Waals surface area contributed by atoms with E-state index in [2.05, 4.69) is 10.5 Å². The van der Waals surface area contributed by atoms with Crippen LogP contribution in [0, 0.1) is 0 Å².